The van der Waals surface area contributed by atoms with Gasteiger partial charge in [0, 0.05) is 11.9 Å². The summed E-state index contributed by atoms with van der Waals surface area (Å²) in [5, 5.41) is 12.4. The van der Waals surface area contributed by atoms with E-state index < -0.39 is 0 Å². The molecule has 0 aliphatic carbocycles. The maximum absolute atomic E-state index is 13.3. The number of nitriles is 1. The van der Waals surface area contributed by atoms with Gasteiger partial charge in [-0.1, -0.05) is 29.7 Å². The summed E-state index contributed by atoms with van der Waals surface area (Å²) >= 11 is 6.36. The van der Waals surface area contributed by atoms with Crippen LogP contribution >= 0.6 is 11.6 Å². The average Bonchev–Trinajstić information content (AvgIpc) is 2.83. The highest BCUT2D eigenvalue weighted by Crippen LogP contribution is 2.30. The lowest BCUT2D eigenvalue weighted by Gasteiger charge is -2.11. The highest BCUT2D eigenvalue weighted by molar-refractivity contribution is 6.32. The molecule has 166 valence electrons. The molecule has 0 unspecified atom stereocenters. The van der Waals surface area contributed by atoms with E-state index in [1.165, 1.54) is 30.9 Å². The second-order valence-corrected chi connectivity index (χ2v) is 7.24. The van der Waals surface area contributed by atoms with E-state index in [1.807, 2.05) is 6.07 Å². The molecule has 0 aliphatic heterocycles. The van der Waals surface area contributed by atoms with Crippen LogP contribution in [0.25, 0.3) is 0 Å². The van der Waals surface area contributed by atoms with Crippen LogP contribution in [0.15, 0.2) is 61.2 Å². The van der Waals surface area contributed by atoms with Gasteiger partial charge in [0.2, 0.25) is 5.82 Å². The van der Waals surface area contributed by atoms with Crippen molar-refractivity contribution in [3.63, 3.8) is 0 Å². The Morgan fingerprint density at radius 3 is 2.74 bits per heavy atom. The van der Waals surface area contributed by atoms with Crippen LogP contribution in [0.1, 0.15) is 22.5 Å². The quantitative estimate of drug-likeness (QED) is 0.414. The Bertz CT molecular complexity index is 1460. The molecule has 0 amide bonds. The van der Waals surface area contributed by atoms with E-state index in [2.05, 4.69) is 37.1 Å². The molecule has 8 nitrogen and oxygen atoms in total. The number of ether oxygens (including phenoxy) is 1. The fourth-order valence-corrected chi connectivity index (χ4v) is 3.04. The van der Waals surface area contributed by atoms with Crippen molar-refractivity contribution in [2.75, 3.05) is 11.1 Å². The smallest absolute Gasteiger partial charge is 0.207 e. The Kier molecular flexibility index (Phi) is 6.78. The lowest BCUT2D eigenvalue weighted by molar-refractivity contribution is 0.306. The maximum atomic E-state index is 13.3. The molecule has 2 heterocycles. The molecule has 2 aromatic heterocycles. The topological polar surface area (TPSA) is 123 Å². The minimum Gasteiger partial charge on any atom is -0.487 e. The molecule has 0 atom stereocenters. The number of rotatable bonds is 5. The van der Waals surface area contributed by atoms with Gasteiger partial charge in [0.05, 0.1) is 16.8 Å². The van der Waals surface area contributed by atoms with Gasteiger partial charge in [0.25, 0.3) is 0 Å². The van der Waals surface area contributed by atoms with Crippen LogP contribution in [0.3, 0.4) is 0 Å². The summed E-state index contributed by atoms with van der Waals surface area (Å²) in [7, 11) is 0. The fraction of sp³-hybridized carbons (Fsp3) is 0.0417. The summed E-state index contributed by atoms with van der Waals surface area (Å²) in [4.78, 5) is 16.2. The van der Waals surface area contributed by atoms with E-state index in [4.69, 9.17) is 27.3 Å². The van der Waals surface area contributed by atoms with Crippen molar-refractivity contribution < 1.29 is 9.13 Å². The van der Waals surface area contributed by atoms with Crippen LogP contribution in [-0.4, -0.2) is 19.9 Å². The summed E-state index contributed by atoms with van der Waals surface area (Å²) in [6.45, 7) is 0.178. The number of anilines is 3. The van der Waals surface area contributed by atoms with Crippen LogP contribution in [0.4, 0.5) is 21.7 Å². The molecule has 3 N–H and O–H groups in total. The molecule has 0 spiro atoms. The normalized spacial score (nSPS) is 10.0. The second kappa shape index (κ2) is 10.3. The van der Waals surface area contributed by atoms with Crippen molar-refractivity contribution in [1.82, 2.24) is 19.9 Å². The summed E-state index contributed by atoms with van der Waals surface area (Å²) in [6.07, 6.45) is 4.22. The van der Waals surface area contributed by atoms with Gasteiger partial charge in [-0.15, -0.1) is 0 Å². The molecule has 0 aliphatic rings. The highest BCUT2D eigenvalue weighted by atomic mass is 35.5. The number of halogens is 2. The Hall–Kier alpha value is -4.73. The molecule has 2 aromatic carbocycles. The van der Waals surface area contributed by atoms with E-state index in [9.17, 15) is 4.39 Å². The SMILES string of the molecule is N#Cc1cnc(C#Cc2cncnc2Nc2ccc(OCc3cccc(F)c3)c(Cl)c2)nc1N. The first kappa shape index (κ1) is 22.5. The monoisotopic (exact) mass is 471 g/mol. The minimum atomic E-state index is -0.329. The number of nitrogens with two attached hydrogens (primary N) is 1. The Balaban J connectivity index is 1.49. The lowest BCUT2D eigenvalue weighted by Crippen LogP contribution is -2.00. The van der Waals surface area contributed by atoms with Crippen LogP contribution in [0.5, 0.6) is 5.75 Å². The van der Waals surface area contributed by atoms with E-state index in [-0.39, 0.29) is 29.6 Å². The highest BCUT2D eigenvalue weighted by Gasteiger charge is 2.08. The van der Waals surface area contributed by atoms with Gasteiger partial charge in [-0.3, -0.25) is 0 Å². The predicted octanol–water partition coefficient (Wildman–Crippen LogP) is 4.24. The summed E-state index contributed by atoms with van der Waals surface area (Å²) in [5.41, 5.74) is 7.70. The molecule has 0 fully saturated rings. The zero-order chi connectivity index (χ0) is 23.9. The van der Waals surface area contributed by atoms with Crippen molar-refractivity contribution in [1.29, 1.82) is 5.26 Å². The van der Waals surface area contributed by atoms with Gasteiger partial charge in [-0.25, -0.2) is 24.3 Å². The minimum absolute atomic E-state index is 0.0545. The molecule has 4 rings (SSSR count). The number of hydrogen-bond donors (Lipinski definition) is 2. The number of nitrogens with zero attached hydrogens (tertiary/aromatic N) is 5. The van der Waals surface area contributed by atoms with E-state index in [1.54, 1.807) is 30.3 Å². The zero-order valence-electron chi connectivity index (χ0n) is 17.5. The molecular formula is C24H15ClFN7O. The van der Waals surface area contributed by atoms with E-state index in [0.29, 0.717) is 33.4 Å². The van der Waals surface area contributed by atoms with Gasteiger partial charge < -0.3 is 15.8 Å². The molecule has 0 bridgehead atoms. The van der Waals surface area contributed by atoms with Crippen molar-refractivity contribution in [3.8, 4) is 23.7 Å². The van der Waals surface area contributed by atoms with Crippen LogP contribution < -0.4 is 15.8 Å². The molecule has 34 heavy (non-hydrogen) atoms. The molecule has 0 radical (unpaired) electrons. The van der Waals surface area contributed by atoms with Gasteiger partial charge >= 0.3 is 0 Å². The van der Waals surface area contributed by atoms with Gasteiger partial charge in [0.1, 0.15) is 47.8 Å². The molecule has 0 saturated heterocycles. The summed E-state index contributed by atoms with van der Waals surface area (Å²) < 4.78 is 19.0. The third-order valence-corrected chi connectivity index (χ3v) is 4.73. The van der Waals surface area contributed by atoms with Gasteiger partial charge in [-0.05, 0) is 41.8 Å². The van der Waals surface area contributed by atoms with Gasteiger partial charge in [0.15, 0.2) is 0 Å². The first-order chi connectivity index (χ1) is 16.5. The number of aromatic nitrogens is 4. The molecule has 10 heteroatoms. The number of nitrogen functional groups attached to an aromatic ring is 1. The van der Waals surface area contributed by atoms with Crippen LogP contribution in [0.2, 0.25) is 5.02 Å². The average molecular weight is 472 g/mol. The van der Waals surface area contributed by atoms with Crippen LogP contribution in [0, 0.1) is 29.0 Å². The Morgan fingerprint density at radius 2 is 1.97 bits per heavy atom. The standard InChI is InChI=1S/C24H15ClFN7O/c25-20-9-19(5-6-21(20)34-13-15-2-1-3-18(26)8-15)32-24-16(11-29-14-31-24)4-7-22-30-12-17(10-27)23(28)33-22/h1-3,5-6,8-9,11-12,14H,13H2,(H2,28,30,33)(H,29,31,32). The number of hydrogen-bond acceptors (Lipinski definition) is 8. The van der Waals surface area contributed by atoms with Crippen molar-refractivity contribution in [2.24, 2.45) is 0 Å². The summed E-state index contributed by atoms with van der Waals surface area (Å²) in [6, 6.07) is 13.2. The lowest BCUT2D eigenvalue weighted by atomic mass is 10.2. The molecule has 0 saturated carbocycles. The Morgan fingerprint density at radius 1 is 1.09 bits per heavy atom. The Labute approximate surface area is 199 Å². The van der Waals surface area contributed by atoms with Crippen LogP contribution in [-0.2, 0) is 6.61 Å². The second-order valence-electron chi connectivity index (χ2n) is 6.83. The van der Waals surface area contributed by atoms with Gasteiger partial charge in [-0.2, -0.15) is 5.26 Å². The predicted molar refractivity (Wildman–Crippen MR) is 125 cm³/mol. The first-order valence-corrected chi connectivity index (χ1v) is 10.2. The third kappa shape index (κ3) is 5.54. The number of nitrogens with one attached hydrogen (secondary N) is 1. The molecular weight excluding hydrogens is 457 g/mol. The fourth-order valence-electron chi connectivity index (χ4n) is 2.81. The van der Waals surface area contributed by atoms with Crippen molar-refractivity contribution >= 4 is 28.9 Å². The molecule has 4 aromatic rings. The zero-order valence-corrected chi connectivity index (χ0v) is 18.2. The van der Waals surface area contributed by atoms with Crippen molar-refractivity contribution in [2.45, 2.75) is 6.61 Å². The van der Waals surface area contributed by atoms with Crippen molar-refractivity contribution in [3.05, 3.63) is 94.5 Å². The van der Waals surface area contributed by atoms with E-state index in [0.717, 1.165) is 0 Å². The summed E-state index contributed by atoms with van der Waals surface area (Å²) in [5.74, 6) is 6.45. The maximum Gasteiger partial charge on any atom is 0.207 e. The largest absolute Gasteiger partial charge is 0.487 e. The first-order valence-electron chi connectivity index (χ1n) is 9.80. The third-order valence-electron chi connectivity index (χ3n) is 4.44. The van der Waals surface area contributed by atoms with E-state index >= 15 is 0 Å². The number of benzene rings is 2.